The number of carbonyl (C=O) groups is 2. The second-order valence-corrected chi connectivity index (χ2v) is 8.46. The Labute approximate surface area is 143 Å². The van der Waals surface area contributed by atoms with Crippen LogP contribution in [0.5, 0.6) is 0 Å². The average molecular weight is 359 g/mol. The molecule has 134 valence electrons. The summed E-state index contributed by atoms with van der Waals surface area (Å²) in [6, 6.07) is 0. The molecule has 0 saturated carbocycles. The molecule has 0 aromatic rings. The maximum atomic E-state index is 9.97. The molecule has 4 N–H and O–H groups in total. The first-order chi connectivity index (χ1) is 9.60. The largest absolute Gasteiger partial charge is 0.481 e. The minimum Gasteiger partial charge on any atom is -0.481 e. The summed E-state index contributed by atoms with van der Waals surface area (Å²) in [5.74, 6) is -1.60. The molecule has 8 heteroatoms. The molecule has 0 bridgehead atoms. The Hall–Kier alpha value is -0.440. The van der Waals surface area contributed by atoms with Gasteiger partial charge in [-0.3, -0.25) is 9.59 Å². The second kappa shape index (κ2) is 13.0. The van der Waals surface area contributed by atoms with Gasteiger partial charge >= 0.3 is 11.9 Å². The standard InChI is InChI=1S/2C5H10O2S.C4H10O2/c2*1-5(2,8)3-4(6)7;1-2-3-4(5)6/h2*8H,3H2,1-2H3,(H,6,7);4-6H,2-3H2,1H3. The quantitative estimate of drug-likeness (QED) is 0.321. The number of thiol groups is 2. The predicted molar refractivity (Wildman–Crippen MR) is 93.8 cm³/mol. The van der Waals surface area contributed by atoms with Crippen molar-refractivity contribution in [2.75, 3.05) is 0 Å². The van der Waals surface area contributed by atoms with E-state index >= 15 is 0 Å². The van der Waals surface area contributed by atoms with Crippen LogP contribution < -0.4 is 0 Å². The lowest BCUT2D eigenvalue weighted by atomic mass is 10.1. The highest BCUT2D eigenvalue weighted by Gasteiger charge is 2.15. The van der Waals surface area contributed by atoms with Crippen LogP contribution in [0.4, 0.5) is 0 Å². The summed E-state index contributed by atoms with van der Waals surface area (Å²) in [5.41, 5.74) is 0. The topological polar surface area (TPSA) is 115 Å². The van der Waals surface area contributed by atoms with E-state index in [9.17, 15) is 9.59 Å². The molecule has 0 rings (SSSR count). The van der Waals surface area contributed by atoms with Crippen molar-refractivity contribution < 1.29 is 30.0 Å². The lowest BCUT2D eigenvalue weighted by molar-refractivity contribution is -0.138. The first-order valence-corrected chi connectivity index (χ1v) is 7.74. The average Bonchev–Trinajstić information content (AvgIpc) is 2.09. The Morgan fingerprint density at radius 3 is 1.18 bits per heavy atom. The van der Waals surface area contributed by atoms with Gasteiger partial charge in [0, 0.05) is 9.49 Å². The van der Waals surface area contributed by atoms with Gasteiger partial charge in [-0.25, -0.2) is 0 Å². The second-order valence-electron chi connectivity index (χ2n) is 6.04. The van der Waals surface area contributed by atoms with E-state index in [1.807, 2.05) is 6.92 Å². The highest BCUT2D eigenvalue weighted by atomic mass is 32.1. The van der Waals surface area contributed by atoms with Crippen LogP contribution in [0.1, 0.15) is 60.3 Å². The molecule has 0 amide bonds. The minimum atomic E-state index is -1.10. The number of carboxylic acids is 2. The Balaban J connectivity index is -0.000000249. The van der Waals surface area contributed by atoms with Gasteiger partial charge in [0.25, 0.3) is 0 Å². The Bertz CT molecular complexity index is 279. The monoisotopic (exact) mass is 358 g/mol. The zero-order valence-electron chi connectivity index (χ0n) is 13.9. The van der Waals surface area contributed by atoms with Crippen molar-refractivity contribution in [2.24, 2.45) is 0 Å². The van der Waals surface area contributed by atoms with Crippen molar-refractivity contribution in [3.8, 4) is 0 Å². The van der Waals surface area contributed by atoms with Gasteiger partial charge < -0.3 is 20.4 Å². The molecule has 0 fully saturated rings. The molecule has 0 aromatic carbocycles. The van der Waals surface area contributed by atoms with Gasteiger partial charge in [-0.15, -0.1) is 0 Å². The number of aliphatic hydroxyl groups is 2. The number of aliphatic hydroxyl groups excluding tert-OH is 1. The Morgan fingerprint density at radius 2 is 1.18 bits per heavy atom. The predicted octanol–water partition coefficient (Wildman–Crippen LogP) is 2.44. The molecule has 0 heterocycles. The Kier molecular flexibility index (Phi) is 15.7. The molecule has 0 radical (unpaired) electrons. The van der Waals surface area contributed by atoms with Crippen molar-refractivity contribution >= 4 is 37.2 Å². The fourth-order valence-electron chi connectivity index (χ4n) is 0.998. The maximum Gasteiger partial charge on any atom is 0.304 e. The fraction of sp³-hybridized carbons (Fsp3) is 0.857. The van der Waals surface area contributed by atoms with Crippen LogP contribution >= 0.6 is 25.3 Å². The van der Waals surface area contributed by atoms with E-state index in [0.29, 0.717) is 6.42 Å². The number of carboxylic acid groups (broad SMARTS) is 2. The summed E-state index contributed by atoms with van der Waals surface area (Å²) in [6.07, 6.45) is 0.430. The van der Waals surface area contributed by atoms with Gasteiger partial charge in [-0.05, 0) is 6.42 Å². The van der Waals surface area contributed by atoms with Gasteiger partial charge in [0.05, 0.1) is 12.8 Å². The zero-order valence-corrected chi connectivity index (χ0v) is 15.7. The van der Waals surface area contributed by atoms with Crippen LogP contribution in [0.15, 0.2) is 0 Å². The highest BCUT2D eigenvalue weighted by Crippen LogP contribution is 2.16. The van der Waals surface area contributed by atoms with Gasteiger partial charge in [0.1, 0.15) is 0 Å². The molecule has 0 unspecified atom stereocenters. The van der Waals surface area contributed by atoms with Crippen molar-refractivity contribution in [2.45, 2.75) is 76.1 Å². The molecular formula is C14H30O6S2. The summed E-state index contributed by atoms with van der Waals surface area (Å²) in [4.78, 5) is 19.9. The van der Waals surface area contributed by atoms with E-state index in [0.717, 1.165) is 6.42 Å². The summed E-state index contributed by atoms with van der Waals surface area (Å²) < 4.78 is -0.766. The highest BCUT2D eigenvalue weighted by molar-refractivity contribution is 7.82. The fourth-order valence-corrected chi connectivity index (χ4v) is 1.27. The summed E-state index contributed by atoms with van der Waals surface area (Å²) in [5, 5.41) is 32.6. The molecule has 6 nitrogen and oxygen atoms in total. The zero-order chi connectivity index (χ0) is 18.6. The molecule has 0 atom stereocenters. The van der Waals surface area contributed by atoms with Gasteiger partial charge in [0.2, 0.25) is 0 Å². The molecular weight excluding hydrogens is 328 g/mol. The van der Waals surface area contributed by atoms with Crippen molar-refractivity contribution in [1.82, 2.24) is 0 Å². The van der Waals surface area contributed by atoms with E-state index in [-0.39, 0.29) is 22.3 Å². The third-order valence-corrected chi connectivity index (χ3v) is 2.03. The SMILES string of the molecule is CC(C)(S)CC(=O)O.CC(C)(S)CC(=O)O.CCCC(O)O. The van der Waals surface area contributed by atoms with Crippen molar-refractivity contribution in [3.05, 3.63) is 0 Å². The van der Waals surface area contributed by atoms with E-state index in [2.05, 4.69) is 25.3 Å². The van der Waals surface area contributed by atoms with Gasteiger partial charge in [-0.2, -0.15) is 25.3 Å². The van der Waals surface area contributed by atoms with Gasteiger partial charge in [-0.1, -0.05) is 41.0 Å². The lowest BCUT2D eigenvalue weighted by Gasteiger charge is -2.12. The number of hydrogen-bond donors (Lipinski definition) is 6. The van der Waals surface area contributed by atoms with E-state index in [4.69, 9.17) is 20.4 Å². The van der Waals surface area contributed by atoms with Crippen LogP contribution in [0.25, 0.3) is 0 Å². The van der Waals surface area contributed by atoms with Crippen LogP contribution in [-0.2, 0) is 9.59 Å². The normalized spacial score (nSPS) is 11.0. The van der Waals surface area contributed by atoms with E-state index in [1.165, 1.54) is 0 Å². The third-order valence-electron chi connectivity index (χ3n) is 1.71. The van der Waals surface area contributed by atoms with Crippen LogP contribution in [0.3, 0.4) is 0 Å². The first kappa shape index (κ1) is 26.5. The van der Waals surface area contributed by atoms with Crippen molar-refractivity contribution in [3.63, 3.8) is 0 Å². The lowest BCUT2D eigenvalue weighted by Crippen LogP contribution is -2.15. The molecule has 22 heavy (non-hydrogen) atoms. The number of rotatable bonds is 6. The molecule has 0 aliphatic heterocycles. The molecule has 0 spiro atoms. The van der Waals surface area contributed by atoms with E-state index < -0.39 is 18.2 Å². The molecule has 0 aliphatic carbocycles. The number of hydrogen-bond acceptors (Lipinski definition) is 6. The third kappa shape index (κ3) is 42.7. The summed E-state index contributed by atoms with van der Waals surface area (Å²) in [7, 11) is 0. The molecule has 0 aliphatic rings. The summed E-state index contributed by atoms with van der Waals surface area (Å²) >= 11 is 8.03. The van der Waals surface area contributed by atoms with Crippen LogP contribution in [-0.4, -0.2) is 48.1 Å². The van der Waals surface area contributed by atoms with Gasteiger partial charge in [0.15, 0.2) is 6.29 Å². The minimum absolute atomic E-state index is 0.107. The first-order valence-electron chi connectivity index (χ1n) is 6.85. The summed E-state index contributed by atoms with van der Waals surface area (Å²) in [6.45, 7) is 8.97. The number of aliphatic carboxylic acids is 2. The van der Waals surface area contributed by atoms with Crippen molar-refractivity contribution in [1.29, 1.82) is 0 Å². The van der Waals surface area contributed by atoms with Crippen LogP contribution in [0.2, 0.25) is 0 Å². The van der Waals surface area contributed by atoms with Crippen LogP contribution in [0, 0.1) is 0 Å². The van der Waals surface area contributed by atoms with E-state index in [1.54, 1.807) is 27.7 Å². The molecule has 0 saturated heterocycles. The Morgan fingerprint density at radius 1 is 0.909 bits per heavy atom. The molecule has 0 aromatic heterocycles. The maximum absolute atomic E-state index is 9.97. The smallest absolute Gasteiger partial charge is 0.304 e.